The van der Waals surface area contributed by atoms with Crippen molar-refractivity contribution in [2.24, 2.45) is 0 Å². The number of anilines is 1. The fraction of sp³-hybridized carbons (Fsp3) is 0.400. The standard InChI is InChI=1S/C25H26N2O6/c1-31-13-5-12-27-23(29)18-8-6-16(14-19(18)24(27)30)22(28)26-17-7-9-20-21(15-17)33-25(32-20)10-3-2-4-11-25/h6-9,14-15H,2-5,10-13H2,1H3,(H,26,28). The van der Waals surface area contributed by atoms with Gasteiger partial charge in [-0.1, -0.05) is 6.42 Å². The second-order valence-corrected chi connectivity index (χ2v) is 8.66. The van der Waals surface area contributed by atoms with Gasteiger partial charge in [-0.2, -0.15) is 0 Å². The molecular weight excluding hydrogens is 424 g/mol. The Labute approximate surface area is 191 Å². The summed E-state index contributed by atoms with van der Waals surface area (Å²) in [4.78, 5) is 39.3. The van der Waals surface area contributed by atoms with Crippen LogP contribution in [-0.4, -0.2) is 48.7 Å². The molecule has 8 nitrogen and oxygen atoms in total. The number of amides is 3. The van der Waals surface area contributed by atoms with E-state index in [1.165, 1.54) is 23.5 Å². The Kier molecular flexibility index (Phi) is 5.54. The van der Waals surface area contributed by atoms with Gasteiger partial charge in [0.1, 0.15) is 0 Å². The van der Waals surface area contributed by atoms with Crippen LogP contribution in [0, 0.1) is 0 Å². The van der Waals surface area contributed by atoms with E-state index < -0.39 is 5.79 Å². The summed E-state index contributed by atoms with van der Waals surface area (Å²) in [6, 6.07) is 9.90. The molecular formula is C25H26N2O6. The first-order valence-electron chi connectivity index (χ1n) is 11.3. The Bertz CT molecular complexity index is 1120. The van der Waals surface area contributed by atoms with Crippen LogP contribution in [0.4, 0.5) is 5.69 Å². The zero-order valence-electron chi connectivity index (χ0n) is 18.5. The number of imide groups is 1. The van der Waals surface area contributed by atoms with Gasteiger partial charge >= 0.3 is 0 Å². The summed E-state index contributed by atoms with van der Waals surface area (Å²) >= 11 is 0. The lowest BCUT2D eigenvalue weighted by Crippen LogP contribution is -2.40. The third-order valence-electron chi connectivity index (χ3n) is 6.37. The van der Waals surface area contributed by atoms with E-state index in [9.17, 15) is 14.4 Å². The molecule has 0 radical (unpaired) electrons. The molecule has 33 heavy (non-hydrogen) atoms. The van der Waals surface area contributed by atoms with Crippen LogP contribution in [-0.2, 0) is 4.74 Å². The van der Waals surface area contributed by atoms with Crippen molar-refractivity contribution >= 4 is 23.4 Å². The number of benzene rings is 2. The van der Waals surface area contributed by atoms with Crippen molar-refractivity contribution in [3.05, 3.63) is 53.1 Å². The smallest absolute Gasteiger partial charge is 0.261 e. The number of fused-ring (bicyclic) bond motifs is 2. The molecule has 1 saturated carbocycles. The molecule has 1 spiro atoms. The Morgan fingerprint density at radius 3 is 2.55 bits per heavy atom. The van der Waals surface area contributed by atoms with Crippen LogP contribution in [0.25, 0.3) is 0 Å². The predicted molar refractivity (Wildman–Crippen MR) is 120 cm³/mol. The average molecular weight is 450 g/mol. The number of carbonyl (C=O) groups excluding carboxylic acids is 3. The van der Waals surface area contributed by atoms with E-state index in [0.29, 0.717) is 41.3 Å². The molecule has 0 unspecified atom stereocenters. The molecule has 0 bridgehead atoms. The summed E-state index contributed by atoms with van der Waals surface area (Å²) in [6.45, 7) is 0.734. The number of rotatable bonds is 6. The zero-order chi connectivity index (χ0) is 23.0. The van der Waals surface area contributed by atoms with Gasteiger partial charge in [0, 0.05) is 50.4 Å². The molecule has 1 N–H and O–H groups in total. The Morgan fingerprint density at radius 1 is 1.00 bits per heavy atom. The third-order valence-corrected chi connectivity index (χ3v) is 6.37. The predicted octanol–water partition coefficient (Wildman–Crippen LogP) is 4.00. The largest absolute Gasteiger partial charge is 0.448 e. The maximum Gasteiger partial charge on any atom is 0.261 e. The van der Waals surface area contributed by atoms with Crippen LogP contribution < -0.4 is 14.8 Å². The first kappa shape index (κ1) is 21.5. The van der Waals surface area contributed by atoms with Gasteiger partial charge in [0.25, 0.3) is 23.5 Å². The molecule has 0 atom stereocenters. The molecule has 2 aliphatic heterocycles. The van der Waals surface area contributed by atoms with Gasteiger partial charge in [0.15, 0.2) is 11.5 Å². The van der Waals surface area contributed by atoms with Crippen LogP contribution in [0.5, 0.6) is 11.5 Å². The van der Waals surface area contributed by atoms with Crippen LogP contribution in [0.2, 0.25) is 0 Å². The summed E-state index contributed by atoms with van der Waals surface area (Å²) in [6.07, 6.45) is 5.59. The number of hydrogen-bond acceptors (Lipinski definition) is 6. The highest BCUT2D eigenvalue weighted by molar-refractivity contribution is 6.22. The summed E-state index contributed by atoms with van der Waals surface area (Å²) < 4.78 is 17.2. The quantitative estimate of drug-likeness (QED) is 0.528. The Morgan fingerprint density at radius 2 is 1.76 bits per heavy atom. The van der Waals surface area contributed by atoms with Crippen molar-refractivity contribution < 1.29 is 28.6 Å². The fourth-order valence-electron chi connectivity index (χ4n) is 4.67. The van der Waals surface area contributed by atoms with E-state index >= 15 is 0 Å². The first-order valence-corrected chi connectivity index (χ1v) is 11.3. The minimum atomic E-state index is -0.578. The average Bonchev–Trinajstić information content (AvgIpc) is 3.28. The number of carbonyl (C=O) groups is 3. The van der Waals surface area contributed by atoms with E-state index in [2.05, 4.69) is 5.32 Å². The Hall–Kier alpha value is -3.39. The second-order valence-electron chi connectivity index (χ2n) is 8.66. The van der Waals surface area contributed by atoms with E-state index in [4.69, 9.17) is 14.2 Å². The van der Waals surface area contributed by atoms with Crippen LogP contribution in [0.1, 0.15) is 69.6 Å². The van der Waals surface area contributed by atoms with Crippen molar-refractivity contribution in [3.63, 3.8) is 0 Å². The number of nitrogens with zero attached hydrogens (tertiary/aromatic N) is 1. The molecule has 3 aliphatic rings. The topological polar surface area (TPSA) is 94.2 Å². The molecule has 3 amide bonds. The molecule has 1 aliphatic carbocycles. The van der Waals surface area contributed by atoms with Gasteiger partial charge in [-0.15, -0.1) is 0 Å². The van der Waals surface area contributed by atoms with Crippen molar-refractivity contribution in [2.75, 3.05) is 25.6 Å². The Balaban J connectivity index is 1.29. The minimum absolute atomic E-state index is 0.245. The summed E-state index contributed by atoms with van der Waals surface area (Å²) in [7, 11) is 1.57. The highest BCUT2D eigenvalue weighted by Gasteiger charge is 2.42. The van der Waals surface area contributed by atoms with Crippen LogP contribution in [0.3, 0.4) is 0 Å². The van der Waals surface area contributed by atoms with Crippen LogP contribution in [0.15, 0.2) is 36.4 Å². The van der Waals surface area contributed by atoms with Gasteiger partial charge < -0.3 is 19.5 Å². The van der Waals surface area contributed by atoms with Gasteiger partial charge in [0.05, 0.1) is 11.1 Å². The number of nitrogens with one attached hydrogen (secondary N) is 1. The number of hydrogen-bond donors (Lipinski definition) is 1. The van der Waals surface area contributed by atoms with Gasteiger partial charge in [-0.3, -0.25) is 19.3 Å². The molecule has 1 fully saturated rings. The lowest BCUT2D eigenvalue weighted by molar-refractivity contribution is -0.105. The van der Waals surface area contributed by atoms with Crippen molar-refractivity contribution in [1.29, 1.82) is 0 Å². The number of methoxy groups -OCH3 is 1. The lowest BCUT2D eigenvalue weighted by Gasteiger charge is -2.31. The zero-order valence-corrected chi connectivity index (χ0v) is 18.5. The van der Waals surface area contributed by atoms with Crippen molar-refractivity contribution in [2.45, 2.75) is 44.3 Å². The fourth-order valence-corrected chi connectivity index (χ4v) is 4.67. The van der Waals surface area contributed by atoms with E-state index in [0.717, 1.165) is 25.7 Å². The highest BCUT2D eigenvalue weighted by atomic mass is 16.7. The molecule has 172 valence electrons. The molecule has 2 aromatic carbocycles. The summed E-state index contributed by atoms with van der Waals surface area (Å²) in [5.74, 6) is -0.374. The van der Waals surface area contributed by atoms with E-state index in [1.54, 1.807) is 31.4 Å². The third kappa shape index (κ3) is 3.95. The molecule has 0 saturated heterocycles. The van der Waals surface area contributed by atoms with Crippen molar-refractivity contribution in [1.82, 2.24) is 4.90 Å². The molecule has 8 heteroatoms. The molecule has 5 rings (SSSR count). The summed E-state index contributed by atoms with van der Waals surface area (Å²) in [5.41, 5.74) is 1.43. The van der Waals surface area contributed by atoms with Gasteiger partial charge in [-0.05, 0) is 49.6 Å². The molecule has 2 aromatic rings. The normalized spacial score (nSPS) is 18.0. The monoisotopic (exact) mass is 450 g/mol. The minimum Gasteiger partial charge on any atom is -0.448 e. The lowest BCUT2D eigenvalue weighted by atomic mass is 9.94. The van der Waals surface area contributed by atoms with Gasteiger partial charge in [-0.25, -0.2) is 0 Å². The molecule has 2 heterocycles. The van der Waals surface area contributed by atoms with E-state index in [1.807, 2.05) is 0 Å². The first-order chi connectivity index (χ1) is 16.0. The van der Waals surface area contributed by atoms with Gasteiger partial charge in [0.2, 0.25) is 0 Å². The maximum atomic E-state index is 12.9. The van der Waals surface area contributed by atoms with Crippen molar-refractivity contribution in [3.8, 4) is 11.5 Å². The second kappa shape index (κ2) is 8.51. The highest BCUT2D eigenvalue weighted by Crippen LogP contribution is 2.46. The SMILES string of the molecule is COCCCN1C(=O)c2ccc(C(=O)Nc3ccc4c(c3)OC3(CCCCC3)O4)cc2C1=O. The maximum absolute atomic E-state index is 12.9. The van der Waals surface area contributed by atoms with Crippen LogP contribution >= 0.6 is 0 Å². The number of ether oxygens (including phenoxy) is 3. The van der Waals surface area contributed by atoms with E-state index in [-0.39, 0.29) is 29.8 Å². The molecule has 0 aromatic heterocycles. The summed E-state index contributed by atoms with van der Waals surface area (Å²) in [5, 5.41) is 2.85.